The summed E-state index contributed by atoms with van der Waals surface area (Å²) >= 11 is 5.11. The molecule has 0 unspecified atom stereocenters. The lowest BCUT2D eigenvalue weighted by Gasteiger charge is -2.31. The van der Waals surface area contributed by atoms with E-state index in [0.29, 0.717) is 42.6 Å². The maximum absolute atomic E-state index is 15.0. The summed E-state index contributed by atoms with van der Waals surface area (Å²) in [5.41, 5.74) is 3.57. The van der Waals surface area contributed by atoms with Gasteiger partial charge in [-0.3, -0.25) is 4.90 Å². The monoisotopic (exact) mass is 429 g/mol. The number of hydrogen-bond acceptors (Lipinski definition) is 5. The van der Waals surface area contributed by atoms with E-state index >= 15 is 0 Å². The van der Waals surface area contributed by atoms with Crippen LogP contribution in [-0.2, 0) is 22.4 Å². The molecule has 2 aromatic carbocycles. The zero-order valence-corrected chi connectivity index (χ0v) is 17.6. The molecule has 8 heteroatoms. The first-order valence-corrected chi connectivity index (χ1v) is 10.3. The first-order chi connectivity index (χ1) is 14.5. The zero-order chi connectivity index (χ0) is 21.1. The third-order valence-electron chi connectivity index (χ3n) is 5.39. The lowest BCUT2D eigenvalue weighted by atomic mass is 9.99. The van der Waals surface area contributed by atoms with Crippen LogP contribution in [0.25, 0.3) is 0 Å². The van der Waals surface area contributed by atoms with Gasteiger partial charge in [-0.1, -0.05) is 36.5 Å². The van der Waals surface area contributed by atoms with Gasteiger partial charge in [-0.15, -0.1) is 0 Å². The minimum Gasteiger partial charge on any atom is -0.442 e. The first kappa shape index (κ1) is 20.6. The summed E-state index contributed by atoms with van der Waals surface area (Å²) in [5, 5.41) is 3.01. The van der Waals surface area contributed by atoms with Crippen molar-refractivity contribution in [1.29, 1.82) is 0 Å². The van der Waals surface area contributed by atoms with Crippen molar-refractivity contribution in [2.45, 2.75) is 19.1 Å². The predicted molar refractivity (Wildman–Crippen MR) is 118 cm³/mol. The number of methoxy groups -OCH3 is 1. The van der Waals surface area contributed by atoms with Crippen molar-refractivity contribution in [2.24, 2.45) is 0 Å². The molecular weight excluding hydrogens is 405 g/mol. The fourth-order valence-electron chi connectivity index (χ4n) is 3.87. The van der Waals surface area contributed by atoms with Crippen LogP contribution in [0.3, 0.4) is 0 Å². The van der Waals surface area contributed by atoms with E-state index in [-0.39, 0.29) is 11.9 Å². The van der Waals surface area contributed by atoms with Crippen molar-refractivity contribution < 1.29 is 18.7 Å². The first-order valence-electron chi connectivity index (χ1n) is 9.90. The topological polar surface area (TPSA) is 54.0 Å². The number of rotatable bonds is 6. The van der Waals surface area contributed by atoms with Gasteiger partial charge in [0.2, 0.25) is 0 Å². The number of benzene rings is 2. The van der Waals surface area contributed by atoms with Gasteiger partial charge >= 0.3 is 6.09 Å². The quantitative estimate of drug-likeness (QED) is 0.712. The molecular formula is C22H24FN3O3S. The van der Waals surface area contributed by atoms with Gasteiger partial charge in [-0.05, 0) is 35.7 Å². The normalized spacial score (nSPS) is 18.2. The molecule has 0 radical (unpaired) electrons. The van der Waals surface area contributed by atoms with E-state index in [1.54, 1.807) is 19.2 Å². The molecule has 158 valence electrons. The Labute approximate surface area is 180 Å². The third kappa shape index (κ3) is 4.39. The summed E-state index contributed by atoms with van der Waals surface area (Å²) in [6, 6.07) is 13.2. The molecule has 0 bridgehead atoms. The number of ether oxygens (including phenoxy) is 2. The maximum Gasteiger partial charge on any atom is 0.414 e. The number of fused-ring (bicyclic) bond motifs is 1. The Morgan fingerprint density at radius 1 is 1.30 bits per heavy atom. The van der Waals surface area contributed by atoms with Crippen molar-refractivity contribution in [2.75, 3.05) is 43.2 Å². The van der Waals surface area contributed by atoms with E-state index in [0.717, 1.165) is 13.0 Å². The molecule has 30 heavy (non-hydrogen) atoms. The number of halogens is 1. The number of carbonyl (C=O) groups is 1. The molecule has 2 heterocycles. The largest absolute Gasteiger partial charge is 0.442 e. The Kier molecular flexibility index (Phi) is 6.15. The van der Waals surface area contributed by atoms with Crippen LogP contribution in [0, 0.1) is 5.82 Å². The summed E-state index contributed by atoms with van der Waals surface area (Å²) in [7, 11) is 1.56. The number of hydrogen-bond donors (Lipinski definition) is 1. The lowest BCUT2D eigenvalue weighted by molar-refractivity contribution is 0.142. The standard InChI is InChI=1S/C22H24FN3O3S/c1-28-14-21(30)24-11-18-13-26(22(27)29-18)17-6-7-20(19(23)10-17)25-9-8-15-4-2-3-5-16(15)12-25/h2-7,10,18H,8-9,11-14H2,1H3,(H,24,30)/t18-/m1/s1. The molecule has 1 amide bonds. The summed E-state index contributed by atoms with van der Waals surface area (Å²) in [6.07, 6.45) is 0.0299. The van der Waals surface area contributed by atoms with Crippen LogP contribution in [0.2, 0.25) is 0 Å². The van der Waals surface area contributed by atoms with E-state index in [4.69, 9.17) is 21.7 Å². The van der Waals surface area contributed by atoms with Crippen LogP contribution in [0.5, 0.6) is 0 Å². The number of amides is 1. The number of thiocarbonyl (C=S) groups is 1. The van der Waals surface area contributed by atoms with Crippen LogP contribution >= 0.6 is 12.2 Å². The van der Waals surface area contributed by atoms with Crippen LogP contribution in [-0.4, -0.2) is 50.5 Å². The van der Waals surface area contributed by atoms with E-state index in [2.05, 4.69) is 17.4 Å². The van der Waals surface area contributed by atoms with E-state index in [1.807, 2.05) is 17.0 Å². The fraction of sp³-hybridized carbons (Fsp3) is 0.364. The van der Waals surface area contributed by atoms with Crippen molar-refractivity contribution >= 4 is 34.7 Å². The zero-order valence-electron chi connectivity index (χ0n) is 16.8. The molecule has 0 spiro atoms. The molecule has 2 aliphatic heterocycles. The minimum atomic E-state index is -0.487. The second-order valence-corrected chi connectivity index (χ2v) is 7.92. The molecule has 0 aliphatic carbocycles. The number of anilines is 2. The summed E-state index contributed by atoms with van der Waals surface area (Å²) < 4.78 is 25.3. The van der Waals surface area contributed by atoms with E-state index in [9.17, 15) is 9.18 Å². The predicted octanol–water partition coefficient (Wildman–Crippen LogP) is 3.28. The second-order valence-electron chi connectivity index (χ2n) is 7.43. The van der Waals surface area contributed by atoms with Gasteiger partial charge in [0.1, 0.15) is 16.9 Å². The van der Waals surface area contributed by atoms with Crippen LogP contribution in [0.15, 0.2) is 42.5 Å². The Morgan fingerprint density at radius 2 is 2.10 bits per heavy atom. The Bertz CT molecular complexity index is 955. The lowest BCUT2D eigenvalue weighted by Crippen LogP contribution is -2.35. The van der Waals surface area contributed by atoms with Crippen LogP contribution in [0.4, 0.5) is 20.6 Å². The molecule has 0 aromatic heterocycles. The fourth-order valence-corrected chi connectivity index (χ4v) is 4.07. The Morgan fingerprint density at radius 3 is 2.87 bits per heavy atom. The van der Waals surface area contributed by atoms with Crippen molar-refractivity contribution in [1.82, 2.24) is 5.32 Å². The summed E-state index contributed by atoms with van der Waals surface area (Å²) in [5.74, 6) is -0.345. The number of cyclic esters (lactones) is 1. The highest BCUT2D eigenvalue weighted by molar-refractivity contribution is 7.80. The average molecular weight is 430 g/mol. The summed E-state index contributed by atoms with van der Waals surface area (Å²) in [4.78, 5) is 16.3. The minimum absolute atomic E-state index is 0.313. The highest BCUT2D eigenvalue weighted by Crippen LogP contribution is 2.30. The molecule has 2 aliphatic rings. The van der Waals surface area contributed by atoms with Crippen LogP contribution in [0.1, 0.15) is 11.1 Å². The SMILES string of the molecule is COCC(=S)NC[C@@H]1CN(c2ccc(N3CCc4ccccc4C3)c(F)c2)C(=O)O1. The Balaban J connectivity index is 1.42. The second kappa shape index (κ2) is 8.97. The van der Waals surface area contributed by atoms with Crippen molar-refractivity contribution in [3.8, 4) is 0 Å². The smallest absolute Gasteiger partial charge is 0.414 e. The average Bonchev–Trinajstić information content (AvgIpc) is 3.12. The van der Waals surface area contributed by atoms with Gasteiger partial charge in [0.15, 0.2) is 0 Å². The number of nitrogens with zero attached hydrogens (tertiary/aromatic N) is 2. The van der Waals surface area contributed by atoms with Gasteiger partial charge in [-0.25, -0.2) is 9.18 Å². The molecule has 1 saturated heterocycles. The molecule has 4 rings (SSSR count). The van der Waals surface area contributed by atoms with Crippen LogP contribution < -0.4 is 15.1 Å². The molecule has 0 saturated carbocycles. The molecule has 2 aromatic rings. The van der Waals surface area contributed by atoms with Gasteiger partial charge in [0.05, 0.1) is 31.1 Å². The van der Waals surface area contributed by atoms with Gasteiger partial charge < -0.3 is 19.7 Å². The Hall–Kier alpha value is -2.71. The molecule has 1 N–H and O–H groups in total. The highest BCUT2D eigenvalue weighted by atomic mass is 32.1. The van der Waals surface area contributed by atoms with E-state index < -0.39 is 6.09 Å². The van der Waals surface area contributed by atoms with Gasteiger partial charge in [0, 0.05) is 20.2 Å². The van der Waals surface area contributed by atoms with Gasteiger partial charge in [0.25, 0.3) is 0 Å². The molecule has 1 atom stereocenters. The molecule has 6 nitrogen and oxygen atoms in total. The third-order valence-corrected chi connectivity index (χ3v) is 5.65. The number of nitrogens with one attached hydrogen (secondary N) is 1. The van der Waals surface area contributed by atoms with Gasteiger partial charge in [-0.2, -0.15) is 0 Å². The number of carbonyl (C=O) groups excluding carboxylic acids is 1. The molecule has 1 fully saturated rings. The summed E-state index contributed by atoms with van der Waals surface area (Å²) in [6.45, 7) is 2.46. The van der Waals surface area contributed by atoms with Crippen molar-refractivity contribution in [3.05, 3.63) is 59.4 Å². The highest BCUT2D eigenvalue weighted by Gasteiger charge is 2.33. The maximum atomic E-state index is 15.0. The van der Waals surface area contributed by atoms with Crippen molar-refractivity contribution in [3.63, 3.8) is 0 Å². The van der Waals surface area contributed by atoms with E-state index in [1.165, 1.54) is 22.1 Å².